The molecule has 0 atom stereocenters. The summed E-state index contributed by atoms with van der Waals surface area (Å²) in [4.78, 5) is 17.7. The standard InChI is InChI=1S/C17H19FN4O3/c1-3-25-22-13-6-4-5-12-15(13)16(21-20-12)17(23)19-10-7-8-14(24-2)11(18)9-10/h7-9H,3-6H2,1-2H3,(H,19,23)(H,20,21)/b22-13+. The number of anilines is 1. The smallest absolute Gasteiger partial charge is 0.276 e. The number of aryl methyl sites for hydroxylation is 1. The summed E-state index contributed by atoms with van der Waals surface area (Å²) in [6, 6.07) is 4.21. The fourth-order valence-corrected chi connectivity index (χ4v) is 2.76. The van der Waals surface area contributed by atoms with E-state index in [1.807, 2.05) is 6.92 Å². The van der Waals surface area contributed by atoms with Gasteiger partial charge in [-0.25, -0.2) is 4.39 Å². The van der Waals surface area contributed by atoms with Crippen molar-refractivity contribution in [3.05, 3.63) is 41.0 Å². The van der Waals surface area contributed by atoms with Gasteiger partial charge >= 0.3 is 0 Å². The maximum Gasteiger partial charge on any atom is 0.276 e. The lowest BCUT2D eigenvalue weighted by molar-refractivity contribution is 0.102. The van der Waals surface area contributed by atoms with Crippen LogP contribution in [0.3, 0.4) is 0 Å². The summed E-state index contributed by atoms with van der Waals surface area (Å²) in [5.41, 5.74) is 2.77. The van der Waals surface area contributed by atoms with Gasteiger partial charge in [0, 0.05) is 17.4 Å². The first kappa shape index (κ1) is 16.9. The molecule has 1 aromatic carbocycles. The minimum Gasteiger partial charge on any atom is -0.494 e. The summed E-state index contributed by atoms with van der Waals surface area (Å²) in [6.45, 7) is 2.29. The van der Waals surface area contributed by atoms with Crippen molar-refractivity contribution in [1.82, 2.24) is 10.2 Å². The molecular weight excluding hydrogens is 327 g/mol. The molecule has 1 heterocycles. The quantitative estimate of drug-likeness (QED) is 0.815. The van der Waals surface area contributed by atoms with Crippen molar-refractivity contribution in [2.75, 3.05) is 19.0 Å². The molecule has 2 N–H and O–H groups in total. The predicted molar refractivity (Wildman–Crippen MR) is 90.6 cm³/mol. The molecule has 1 aromatic heterocycles. The number of benzene rings is 1. The number of methoxy groups -OCH3 is 1. The molecule has 0 aliphatic heterocycles. The highest BCUT2D eigenvalue weighted by Gasteiger charge is 2.27. The summed E-state index contributed by atoms with van der Waals surface area (Å²) in [5, 5.41) is 13.8. The number of nitrogens with one attached hydrogen (secondary N) is 2. The third kappa shape index (κ3) is 3.47. The number of ether oxygens (including phenoxy) is 1. The van der Waals surface area contributed by atoms with Crippen LogP contribution in [0.25, 0.3) is 0 Å². The van der Waals surface area contributed by atoms with Gasteiger partial charge in [-0.05, 0) is 38.3 Å². The Hall–Kier alpha value is -2.90. The number of hydrogen-bond acceptors (Lipinski definition) is 5. The Bertz CT molecular complexity index is 816. The highest BCUT2D eigenvalue weighted by atomic mass is 19.1. The van der Waals surface area contributed by atoms with E-state index in [1.165, 1.54) is 19.2 Å². The number of fused-ring (bicyclic) bond motifs is 1. The van der Waals surface area contributed by atoms with Gasteiger partial charge in [-0.3, -0.25) is 9.89 Å². The minimum atomic E-state index is -0.553. The van der Waals surface area contributed by atoms with Crippen LogP contribution >= 0.6 is 0 Å². The summed E-state index contributed by atoms with van der Waals surface area (Å²) < 4.78 is 18.7. The second kappa shape index (κ2) is 7.33. The van der Waals surface area contributed by atoms with Gasteiger partial charge in [0.15, 0.2) is 17.3 Å². The fraction of sp³-hybridized carbons (Fsp3) is 0.353. The fourth-order valence-electron chi connectivity index (χ4n) is 2.76. The first-order valence-electron chi connectivity index (χ1n) is 8.05. The van der Waals surface area contributed by atoms with Crippen molar-refractivity contribution in [2.45, 2.75) is 26.2 Å². The molecule has 0 unspecified atom stereocenters. The number of aromatic amines is 1. The van der Waals surface area contributed by atoms with Crippen LogP contribution in [-0.4, -0.2) is 35.5 Å². The van der Waals surface area contributed by atoms with Crippen LogP contribution in [0.2, 0.25) is 0 Å². The number of carbonyl (C=O) groups is 1. The average molecular weight is 346 g/mol. The van der Waals surface area contributed by atoms with Crippen molar-refractivity contribution in [3.8, 4) is 5.75 Å². The number of halogens is 1. The molecule has 2 aromatic rings. The van der Waals surface area contributed by atoms with Crippen molar-refractivity contribution < 1.29 is 18.8 Å². The molecule has 1 aliphatic carbocycles. The van der Waals surface area contributed by atoms with E-state index < -0.39 is 11.7 Å². The van der Waals surface area contributed by atoms with Crippen LogP contribution < -0.4 is 10.1 Å². The van der Waals surface area contributed by atoms with E-state index in [9.17, 15) is 9.18 Å². The molecule has 7 nitrogen and oxygen atoms in total. The van der Waals surface area contributed by atoms with Crippen molar-refractivity contribution in [1.29, 1.82) is 0 Å². The second-order valence-corrected chi connectivity index (χ2v) is 5.54. The summed E-state index contributed by atoms with van der Waals surface area (Å²) in [7, 11) is 1.38. The number of carbonyl (C=O) groups excluding carboxylic acids is 1. The molecule has 0 saturated carbocycles. The van der Waals surface area contributed by atoms with E-state index in [0.29, 0.717) is 30.0 Å². The van der Waals surface area contributed by atoms with Crippen molar-refractivity contribution >= 4 is 17.3 Å². The van der Waals surface area contributed by atoms with Crippen LogP contribution in [0, 0.1) is 5.82 Å². The van der Waals surface area contributed by atoms with E-state index in [-0.39, 0.29) is 11.4 Å². The maximum absolute atomic E-state index is 13.8. The molecule has 0 fully saturated rings. The van der Waals surface area contributed by atoms with Gasteiger partial charge in [-0.2, -0.15) is 5.10 Å². The summed E-state index contributed by atoms with van der Waals surface area (Å²) >= 11 is 0. The van der Waals surface area contributed by atoms with Gasteiger partial charge in [-0.15, -0.1) is 0 Å². The molecule has 0 saturated heterocycles. The summed E-state index contributed by atoms with van der Waals surface area (Å²) in [6.07, 6.45) is 2.41. The Kier molecular flexibility index (Phi) is 4.97. The highest BCUT2D eigenvalue weighted by Crippen LogP contribution is 2.25. The molecule has 0 bridgehead atoms. The SMILES string of the molecule is CCO/N=C1\CCCc2[nH]nc(C(=O)Nc3ccc(OC)c(F)c3)c21. The van der Waals surface area contributed by atoms with Crippen LogP contribution in [0.1, 0.15) is 41.5 Å². The normalized spacial score (nSPS) is 14.9. The lowest BCUT2D eigenvalue weighted by Crippen LogP contribution is -2.19. The molecule has 25 heavy (non-hydrogen) atoms. The van der Waals surface area contributed by atoms with E-state index >= 15 is 0 Å². The number of oxime groups is 1. The minimum absolute atomic E-state index is 0.112. The number of aromatic nitrogens is 2. The Morgan fingerprint density at radius 1 is 1.44 bits per heavy atom. The largest absolute Gasteiger partial charge is 0.494 e. The Labute approximate surface area is 144 Å². The Morgan fingerprint density at radius 3 is 3.00 bits per heavy atom. The van der Waals surface area contributed by atoms with Crippen molar-refractivity contribution in [2.24, 2.45) is 5.16 Å². The topological polar surface area (TPSA) is 88.6 Å². The molecule has 0 radical (unpaired) electrons. The highest BCUT2D eigenvalue weighted by molar-refractivity contribution is 6.14. The van der Waals surface area contributed by atoms with Gasteiger partial charge in [0.2, 0.25) is 0 Å². The molecule has 1 aliphatic rings. The maximum atomic E-state index is 13.8. The summed E-state index contributed by atoms with van der Waals surface area (Å²) in [5.74, 6) is -0.877. The zero-order valence-corrected chi connectivity index (χ0v) is 14.1. The monoisotopic (exact) mass is 346 g/mol. The zero-order chi connectivity index (χ0) is 17.8. The second-order valence-electron chi connectivity index (χ2n) is 5.54. The first-order valence-corrected chi connectivity index (χ1v) is 8.05. The number of nitrogens with zero attached hydrogens (tertiary/aromatic N) is 2. The van der Waals surface area contributed by atoms with Gasteiger partial charge in [0.05, 0.1) is 18.4 Å². The molecular formula is C17H19FN4O3. The lowest BCUT2D eigenvalue weighted by Gasteiger charge is -2.14. The van der Waals surface area contributed by atoms with E-state index in [0.717, 1.165) is 18.5 Å². The molecule has 132 valence electrons. The Balaban J connectivity index is 1.86. The Morgan fingerprint density at radius 2 is 2.28 bits per heavy atom. The van der Waals surface area contributed by atoms with Crippen molar-refractivity contribution in [3.63, 3.8) is 0 Å². The molecule has 1 amide bonds. The zero-order valence-electron chi connectivity index (χ0n) is 14.1. The van der Waals surface area contributed by atoms with Gasteiger partial charge in [0.25, 0.3) is 5.91 Å². The number of amides is 1. The molecule has 3 rings (SSSR count). The van der Waals surface area contributed by atoms with E-state index in [1.54, 1.807) is 6.07 Å². The number of hydrogen-bond donors (Lipinski definition) is 2. The van der Waals surface area contributed by atoms with E-state index in [2.05, 4.69) is 20.7 Å². The van der Waals surface area contributed by atoms with Crippen LogP contribution in [-0.2, 0) is 11.3 Å². The van der Waals surface area contributed by atoms with E-state index in [4.69, 9.17) is 9.57 Å². The van der Waals surface area contributed by atoms with Crippen LogP contribution in [0.15, 0.2) is 23.4 Å². The lowest BCUT2D eigenvalue weighted by atomic mass is 9.93. The molecule has 8 heteroatoms. The van der Waals surface area contributed by atoms with Gasteiger partial charge in [-0.1, -0.05) is 5.16 Å². The van der Waals surface area contributed by atoms with Crippen LogP contribution in [0.4, 0.5) is 10.1 Å². The average Bonchev–Trinajstić information content (AvgIpc) is 3.05. The predicted octanol–water partition coefficient (Wildman–Crippen LogP) is 2.89. The third-order valence-electron chi connectivity index (χ3n) is 3.90. The van der Waals surface area contributed by atoms with Gasteiger partial charge < -0.3 is 14.9 Å². The number of rotatable bonds is 5. The molecule has 0 spiro atoms. The third-order valence-corrected chi connectivity index (χ3v) is 3.90. The van der Waals surface area contributed by atoms with Gasteiger partial charge in [0.1, 0.15) is 6.61 Å². The van der Waals surface area contributed by atoms with Crippen LogP contribution in [0.5, 0.6) is 5.75 Å². The number of H-pyrrole nitrogens is 1. The first-order chi connectivity index (χ1) is 12.1.